The van der Waals surface area contributed by atoms with Gasteiger partial charge in [0.15, 0.2) is 0 Å². The van der Waals surface area contributed by atoms with Gasteiger partial charge in [-0.2, -0.15) is 0 Å². The molecule has 2 unspecified atom stereocenters. The number of anilines is 1. The highest BCUT2D eigenvalue weighted by atomic mass is 16.6. The maximum atomic E-state index is 11.1. The third-order valence-corrected chi connectivity index (χ3v) is 4.59. The molecule has 8 heteroatoms. The fourth-order valence-electron chi connectivity index (χ4n) is 3.11. The minimum Gasteiger partial charge on any atom is -0.484 e. The van der Waals surface area contributed by atoms with Gasteiger partial charge in [0, 0.05) is 5.56 Å². The Balaban J connectivity index is 2.18. The Bertz CT molecular complexity index is 621. The molecule has 0 saturated heterocycles. The average Bonchev–Trinajstić information content (AvgIpc) is 2.54. The molecule has 25 heavy (non-hydrogen) atoms. The monoisotopic (exact) mass is 352 g/mol. The summed E-state index contributed by atoms with van der Waals surface area (Å²) in [5.74, 6) is 0.386. The Hall–Kier alpha value is -1.90. The van der Waals surface area contributed by atoms with Gasteiger partial charge < -0.3 is 26.6 Å². The number of aliphatic hydroxyl groups is 1. The standard InChI is InChI=1S/C17H28N4O4/c1-17(2)16(22)15(20-8-6-4-3-5-7-18)11-9-12(19)13(21(23)24)10-14(11)25-17/h9-10,15-16,20,22H,3-8,18-19H2,1-2H3. The maximum Gasteiger partial charge on any atom is 0.295 e. The van der Waals surface area contributed by atoms with Crippen LogP contribution < -0.4 is 21.5 Å². The molecule has 2 atom stereocenters. The van der Waals surface area contributed by atoms with Crippen LogP contribution in [-0.4, -0.2) is 34.8 Å². The third-order valence-electron chi connectivity index (χ3n) is 4.59. The van der Waals surface area contributed by atoms with E-state index in [4.69, 9.17) is 16.2 Å². The number of rotatable bonds is 8. The van der Waals surface area contributed by atoms with Gasteiger partial charge in [-0.1, -0.05) is 12.8 Å². The molecule has 2 rings (SSSR count). The summed E-state index contributed by atoms with van der Waals surface area (Å²) < 4.78 is 5.80. The number of unbranched alkanes of at least 4 members (excludes halogenated alkanes) is 3. The number of ether oxygens (including phenoxy) is 1. The molecule has 0 bridgehead atoms. The first-order chi connectivity index (χ1) is 11.8. The second-order valence-electron chi connectivity index (χ2n) is 6.99. The van der Waals surface area contributed by atoms with Crippen molar-refractivity contribution in [3.05, 3.63) is 27.8 Å². The van der Waals surface area contributed by atoms with Crippen molar-refractivity contribution in [1.29, 1.82) is 0 Å². The number of hydrogen-bond donors (Lipinski definition) is 4. The number of nitro groups is 1. The summed E-state index contributed by atoms with van der Waals surface area (Å²) in [5.41, 5.74) is 11.0. The van der Waals surface area contributed by atoms with E-state index in [9.17, 15) is 15.2 Å². The second-order valence-corrected chi connectivity index (χ2v) is 6.99. The van der Waals surface area contributed by atoms with Crippen LogP contribution in [0.1, 0.15) is 51.1 Å². The van der Waals surface area contributed by atoms with Gasteiger partial charge in [-0.3, -0.25) is 10.1 Å². The Kier molecular flexibility index (Phi) is 6.21. The molecule has 0 spiro atoms. The maximum absolute atomic E-state index is 11.1. The molecule has 0 aromatic heterocycles. The normalized spacial score (nSPS) is 21.4. The topological polar surface area (TPSA) is 137 Å². The molecule has 1 aliphatic heterocycles. The molecule has 0 saturated carbocycles. The van der Waals surface area contributed by atoms with Crippen molar-refractivity contribution >= 4 is 11.4 Å². The first kappa shape index (κ1) is 19.4. The van der Waals surface area contributed by atoms with Gasteiger partial charge in [0.25, 0.3) is 5.69 Å². The van der Waals surface area contributed by atoms with E-state index in [0.29, 0.717) is 17.9 Å². The Morgan fingerprint density at radius 3 is 2.64 bits per heavy atom. The SMILES string of the molecule is CC1(C)Oc2cc([N+](=O)[O-])c(N)cc2C(NCCCCCCN)C1O. The van der Waals surface area contributed by atoms with Gasteiger partial charge in [-0.25, -0.2) is 0 Å². The fraction of sp³-hybridized carbons (Fsp3) is 0.647. The summed E-state index contributed by atoms with van der Waals surface area (Å²) in [6.45, 7) is 4.95. The number of nitrogen functional groups attached to an aromatic ring is 1. The number of nitrogens with one attached hydrogen (secondary N) is 1. The van der Waals surface area contributed by atoms with Crippen LogP contribution in [0.25, 0.3) is 0 Å². The van der Waals surface area contributed by atoms with Gasteiger partial charge in [0.05, 0.1) is 17.0 Å². The Labute approximate surface area is 147 Å². The minimum atomic E-state index is -0.867. The highest BCUT2D eigenvalue weighted by Gasteiger charge is 2.43. The van der Waals surface area contributed by atoms with Crippen LogP contribution in [0, 0.1) is 10.1 Å². The summed E-state index contributed by atoms with van der Waals surface area (Å²) in [6.07, 6.45) is 3.31. The summed E-state index contributed by atoms with van der Waals surface area (Å²) >= 11 is 0. The van der Waals surface area contributed by atoms with E-state index in [2.05, 4.69) is 5.32 Å². The molecular weight excluding hydrogens is 324 g/mol. The molecule has 8 nitrogen and oxygen atoms in total. The quantitative estimate of drug-likeness (QED) is 0.242. The molecule has 0 amide bonds. The third kappa shape index (κ3) is 4.39. The van der Waals surface area contributed by atoms with E-state index in [1.807, 2.05) is 0 Å². The lowest BCUT2D eigenvalue weighted by molar-refractivity contribution is -0.384. The highest BCUT2D eigenvalue weighted by Crippen LogP contribution is 2.43. The van der Waals surface area contributed by atoms with Crippen molar-refractivity contribution in [2.75, 3.05) is 18.8 Å². The van der Waals surface area contributed by atoms with Crippen molar-refractivity contribution < 1.29 is 14.8 Å². The minimum absolute atomic E-state index is 0.0639. The summed E-state index contributed by atoms with van der Waals surface area (Å²) in [5, 5.41) is 25.1. The molecule has 0 aliphatic carbocycles. The van der Waals surface area contributed by atoms with Gasteiger partial charge in [0.2, 0.25) is 0 Å². The van der Waals surface area contributed by atoms with Crippen LogP contribution in [-0.2, 0) is 0 Å². The van der Waals surface area contributed by atoms with E-state index >= 15 is 0 Å². The van der Waals surface area contributed by atoms with E-state index in [-0.39, 0.29) is 11.4 Å². The van der Waals surface area contributed by atoms with Crippen LogP contribution in [0.3, 0.4) is 0 Å². The zero-order valence-electron chi connectivity index (χ0n) is 14.8. The number of hydrogen-bond acceptors (Lipinski definition) is 7. The van der Waals surface area contributed by atoms with E-state index < -0.39 is 22.7 Å². The smallest absolute Gasteiger partial charge is 0.295 e. The zero-order valence-corrected chi connectivity index (χ0v) is 14.8. The summed E-state index contributed by atoms with van der Waals surface area (Å²) in [4.78, 5) is 10.6. The van der Waals surface area contributed by atoms with Crippen LogP contribution in [0.4, 0.5) is 11.4 Å². The fourth-order valence-corrected chi connectivity index (χ4v) is 3.11. The molecule has 0 fully saturated rings. The van der Waals surface area contributed by atoms with Gasteiger partial charge in [-0.05, 0) is 45.8 Å². The number of fused-ring (bicyclic) bond motifs is 1. The van der Waals surface area contributed by atoms with E-state index in [1.54, 1.807) is 13.8 Å². The number of benzene rings is 1. The lowest BCUT2D eigenvalue weighted by Gasteiger charge is -2.42. The van der Waals surface area contributed by atoms with E-state index in [1.165, 1.54) is 12.1 Å². The number of nitro benzene ring substituents is 1. The van der Waals surface area contributed by atoms with Crippen molar-refractivity contribution in [2.24, 2.45) is 5.73 Å². The number of aliphatic hydroxyl groups excluding tert-OH is 1. The first-order valence-electron chi connectivity index (χ1n) is 8.66. The zero-order chi connectivity index (χ0) is 18.6. The van der Waals surface area contributed by atoms with Gasteiger partial charge in [0.1, 0.15) is 23.1 Å². The van der Waals surface area contributed by atoms with Gasteiger partial charge in [-0.15, -0.1) is 0 Å². The largest absolute Gasteiger partial charge is 0.484 e. The molecule has 1 aliphatic rings. The number of nitrogens with two attached hydrogens (primary N) is 2. The Morgan fingerprint density at radius 2 is 2.00 bits per heavy atom. The predicted molar refractivity (Wildman–Crippen MR) is 96.5 cm³/mol. The first-order valence-corrected chi connectivity index (χ1v) is 8.66. The highest BCUT2D eigenvalue weighted by molar-refractivity contribution is 5.65. The number of nitrogens with zero attached hydrogens (tertiary/aromatic N) is 1. The second kappa shape index (κ2) is 7.99. The molecule has 1 heterocycles. The Morgan fingerprint density at radius 1 is 1.32 bits per heavy atom. The lowest BCUT2D eigenvalue weighted by atomic mass is 9.86. The summed E-state index contributed by atoms with van der Waals surface area (Å²) in [6, 6.07) is 2.48. The van der Waals surface area contributed by atoms with Crippen LogP contribution in [0.5, 0.6) is 5.75 Å². The molecule has 140 valence electrons. The predicted octanol–water partition coefficient (Wildman–Crippen LogP) is 1.86. The molecular formula is C17H28N4O4. The van der Waals surface area contributed by atoms with Crippen LogP contribution in [0.15, 0.2) is 12.1 Å². The van der Waals surface area contributed by atoms with Crippen molar-refractivity contribution in [1.82, 2.24) is 5.32 Å². The molecule has 6 N–H and O–H groups in total. The van der Waals surface area contributed by atoms with E-state index in [0.717, 1.165) is 32.2 Å². The van der Waals surface area contributed by atoms with Crippen molar-refractivity contribution in [2.45, 2.75) is 57.3 Å². The lowest BCUT2D eigenvalue weighted by Crippen LogP contribution is -2.52. The average molecular weight is 352 g/mol. The molecule has 1 aromatic carbocycles. The molecule has 0 radical (unpaired) electrons. The van der Waals surface area contributed by atoms with Crippen LogP contribution in [0.2, 0.25) is 0 Å². The summed E-state index contributed by atoms with van der Waals surface area (Å²) in [7, 11) is 0. The molecule has 1 aromatic rings. The van der Waals surface area contributed by atoms with Gasteiger partial charge >= 0.3 is 0 Å². The van der Waals surface area contributed by atoms with Crippen molar-refractivity contribution in [3.8, 4) is 5.75 Å². The van der Waals surface area contributed by atoms with Crippen molar-refractivity contribution in [3.63, 3.8) is 0 Å². The van der Waals surface area contributed by atoms with Crippen LogP contribution >= 0.6 is 0 Å².